The number of halogens is 4. The molecule has 5 nitrogen and oxygen atoms in total. The number of hydrogen-bond donors (Lipinski definition) is 2. The Hall–Kier alpha value is -1.23. The monoisotopic (exact) mass is 488 g/mol. The van der Waals surface area contributed by atoms with Crippen molar-refractivity contribution in [2.45, 2.75) is 26.1 Å². The maximum atomic E-state index is 12.1. The average molecular weight is 488 g/mol. The van der Waals surface area contributed by atoms with E-state index in [-0.39, 0.29) is 29.7 Å². The van der Waals surface area contributed by atoms with Crippen LogP contribution < -0.4 is 15.4 Å². The van der Waals surface area contributed by atoms with Gasteiger partial charge in [-0.3, -0.25) is 0 Å². The molecule has 1 aromatic rings. The molecule has 0 aromatic heterocycles. The highest BCUT2D eigenvalue weighted by molar-refractivity contribution is 14.0. The highest BCUT2D eigenvalue weighted by Crippen LogP contribution is 2.19. The van der Waals surface area contributed by atoms with E-state index in [1.54, 1.807) is 12.1 Å². The minimum atomic E-state index is -4.33. The first-order chi connectivity index (χ1) is 11.8. The van der Waals surface area contributed by atoms with Gasteiger partial charge in [-0.15, -0.1) is 24.0 Å². The number of guanidine groups is 1. The zero-order valence-electron chi connectivity index (χ0n) is 15.4. The van der Waals surface area contributed by atoms with E-state index in [1.807, 2.05) is 21.0 Å². The molecule has 0 heterocycles. The molecule has 0 fully saturated rings. The Morgan fingerprint density at radius 2 is 1.81 bits per heavy atom. The summed E-state index contributed by atoms with van der Waals surface area (Å²) in [5.41, 5.74) is 0.893. The van der Waals surface area contributed by atoms with Gasteiger partial charge >= 0.3 is 6.18 Å². The summed E-state index contributed by atoms with van der Waals surface area (Å²) in [6.45, 7) is 3.70. The predicted octanol–water partition coefficient (Wildman–Crippen LogP) is 3.25. The second-order valence-electron chi connectivity index (χ2n) is 5.83. The first kappa shape index (κ1) is 24.8. The molecule has 0 aliphatic rings. The van der Waals surface area contributed by atoms with Gasteiger partial charge in [0.25, 0.3) is 0 Å². The zero-order valence-corrected chi connectivity index (χ0v) is 17.7. The van der Waals surface area contributed by atoms with Crippen LogP contribution in [0, 0.1) is 0 Å². The Balaban J connectivity index is 0.00000625. The largest absolute Gasteiger partial charge is 0.484 e. The van der Waals surface area contributed by atoms with Crippen LogP contribution in [0.2, 0.25) is 0 Å². The van der Waals surface area contributed by atoms with Crippen LogP contribution in [0.25, 0.3) is 0 Å². The summed E-state index contributed by atoms with van der Waals surface area (Å²) in [6.07, 6.45) is -3.33. The number of alkyl halides is 3. The predicted molar refractivity (Wildman–Crippen MR) is 109 cm³/mol. The van der Waals surface area contributed by atoms with Crippen molar-refractivity contribution in [3.8, 4) is 5.75 Å². The number of aliphatic imine (C=N–C) groups is 1. The highest BCUT2D eigenvalue weighted by atomic mass is 127. The lowest BCUT2D eigenvalue weighted by Crippen LogP contribution is -2.38. The van der Waals surface area contributed by atoms with Crippen molar-refractivity contribution < 1.29 is 17.9 Å². The van der Waals surface area contributed by atoms with Gasteiger partial charge in [0.15, 0.2) is 12.6 Å². The molecule has 150 valence electrons. The molecule has 26 heavy (non-hydrogen) atoms. The molecule has 0 unspecified atom stereocenters. The SMILES string of the molecule is CCNC(=NCc1ccc(OCC(F)(F)F)cc1)NCCCN(C)C.I. The van der Waals surface area contributed by atoms with Crippen LogP contribution in [-0.4, -0.2) is 57.4 Å². The van der Waals surface area contributed by atoms with E-state index in [0.717, 1.165) is 37.6 Å². The van der Waals surface area contributed by atoms with Gasteiger partial charge in [0.1, 0.15) is 5.75 Å². The normalized spacial score (nSPS) is 11.9. The van der Waals surface area contributed by atoms with Crippen LogP contribution in [0.1, 0.15) is 18.9 Å². The average Bonchev–Trinajstić information content (AvgIpc) is 2.54. The number of nitrogens with zero attached hydrogens (tertiary/aromatic N) is 2. The molecule has 0 radical (unpaired) electrons. The lowest BCUT2D eigenvalue weighted by molar-refractivity contribution is -0.153. The Kier molecular flexibility index (Phi) is 12.4. The van der Waals surface area contributed by atoms with E-state index in [0.29, 0.717) is 6.54 Å². The maximum Gasteiger partial charge on any atom is 0.422 e. The summed E-state index contributed by atoms with van der Waals surface area (Å²) in [6, 6.07) is 6.47. The fourth-order valence-electron chi connectivity index (χ4n) is 1.97. The maximum absolute atomic E-state index is 12.1. The second kappa shape index (κ2) is 13.0. The minimum absolute atomic E-state index is 0. The van der Waals surface area contributed by atoms with E-state index in [9.17, 15) is 13.2 Å². The Morgan fingerprint density at radius 3 is 2.35 bits per heavy atom. The molecular formula is C17H28F3IN4O. The number of ether oxygens (including phenoxy) is 1. The molecule has 0 bridgehead atoms. The van der Waals surface area contributed by atoms with E-state index in [4.69, 9.17) is 0 Å². The van der Waals surface area contributed by atoms with Crippen molar-refractivity contribution >= 4 is 29.9 Å². The zero-order chi connectivity index (χ0) is 18.7. The Bertz CT molecular complexity index is 522. The number of nitrogens with one attached hydrogen (secondary N) is 2. The van der Waals surface area contributed by atoms with Crippen molar-refractivity contribution in [1.82, 2.24) is 15.5 Å². The van der Waals surface area contributed by atoms with E-state index in [1.165, 1.54) is 12.1 Å². The van der Waals surface area contributed by atoms with Crippen LogP contribution in [0.3, 0.4) is 0 Å². The Labute approximate surface area is 170 Å². The van der Waals surface area contributed by atoms with Crippen molar-refractivity contribution in [1.29, 1.82) is 0 Å². The smallest absolute Gasteiger partial charge is 0.422 e. The van der Waals surface area contributed by atoms with Gasteiger partial charge in [0.05, 0.1) is 6.54 Å². The molecule has 0 aliphatic heterocycles. The van der Waals surface area contributed by atoms with Crippen LogP contribution in [0.4, 0.5) is 13.2 Å². The molecular weight excluding hydrogens is 460 g/mol. The van der Waals surface area contributed by atoms with Crippen LogP contribution in [-0.2, 0) is 6.54 Å². The summed E-state index contributed by atoms with van der Waals surface area (Å²) < 4.78 is 41.0. The lowest BCUT2D eigenvalue weighted by Gasteiger charge is -2.13. The third kappa shape index (κ3) is 12.2. The highest BCUT2D eigenvalue weighted by Gasteiger charge is 2.28. The van der Waals surface area contributed by atoms with Crippen LogP contribution >= 0.6 is 24.0 Å². The summed E-state index contributed by atoms with van der Waals surface area (Å²) in [5.74, 6) is 0.914. The van der Waals surface area contributed by atoms with Crippen LogP contribution in [0.15, 0.2) is 29.3 Å². The topological polar surface area (TPSA) is 48.9 Å². The number of hydrogen-bond acceptors (Lipinski definition) is 3. The molecule has 0 aliphatic carbocycles. The molecule has 9 heteroatoms. The summed E-state index contributed by atoms with van der Waals surface area (Å²) >= 11 is 0. The molecule has 0 saturated carbocycles. The van der Waals surface area contributed by atoms with Crippen molar-refractivity contribution in [2.24, 2.45) is 4.99 Å². The van der Waals surface area contributed by atoms with Gasteiger partial charge in [-0.1, -0.05) is 12.1 Å². The summed E-state index contributed by atoms with van der Waals surface area (Å²) in [5, 5.41) is 6.42. The Morgan fingerprint density at radius 1 is 1.15 bits per heavy atom. The summed E-state index contributed by atoms with van der Waals surface area (Å²) in [7, 11) is 4.06. The fourth-order valence-corrected chi connectivity index (χ4v) is 1.97. The molecule has 2 N–H and O–H groups in total. The van der Waals surface area contributed by atoms with Crippen molar-refractivity contribution in [3.63, 3.8) is 0 Å². The van der Waals surface area contributed by atoms with E-state index in [2.05, 4.69) is 25.3 Å². The van der Waals surface area contributed by atoms with Gasteiger partial charge in [-0.05, 0) is 51.7 Å². The molecule has 0 saturated heterocycles. The molecule has 1 rings (SSSR count). The lowest BCUT2D eigenvalue weighted by atomic mass is 10.2. The number of benzene rings is 1. The first-order valence-electron chi connectivity index (χ1n) is 8.25. The fraction of sp³-hybridized carbons (Fsp3) is 0.588. The third-order valence-electron chi connectivity index (χ3n) is 3.16. The van der Waals surface area contributed by atoms with E-state index >= 15 is 0 Å². The first-order valence-corrected chi connectivity index (χ1v) is 8.25. The van der Waals surface area contributed by atoms with Gasteiger partial charge in [0.2, 0.25) is 0 Å². The molecule has 1 aromatic carbocycles. The molecule has 0 amide bonds. The molecule has 0 spiro atoms. The van der Waals surface area contributed by atoms with Crippen molar-refractivity contribution in [3.05, 3.63) is 29.8 Å². The van der Waals surface area contributed by atoms with Gasteiger partial charge < -0.3 is 20.3 Å². The van der Waals surface area contributed by atoms with Gasteiger partial charge in [-0.25, -0.2) is 4.99 Å². The van der Waals surface area contributed by atoms with Crippen LogP contribution in [0.5, 0.6) is 5.75 Å². The van der Waals surface area contributed by atoms with Gasteiger partial charge in [-0.2, -0.15) is 13.2 Å². The third-order valence-corrected chi connectivity index (χ3v) is 3.16. The summed E-state index contributed by atoms with van der Waals surface area (Å²) in [4.78, 5) is 6.59. The second-order valence-corrected chi connectivity index (χ2v) is 5.83. The van der Waals surface area contributed by atoms with Gasteiger partial charge in [0, 0.05) is 13.1 Å². The van der Waals surface area contributed by atoms with Crippen molar-refractivity contribution in [2.75, 3.05) is 40.3 Å². The van der Waals surface area contributed by atoms with E-state index < -0.39 is 12.8 Å². The number of rotatable bonds is 9. The standard InChI is InChI=1S/C17H27F3N4O.HI/c1-4-21-16(22-10-5-11-24(2)3)23-12-14-6-8-15(9-7-14)25-13-17(18,19)20;/h6-9H,4-5,10-13H2,1-3H3,(H2,21,22,23);1H. The quantitative estimate of drug-likeness (QED) is 0.243. The molecule has 0 atom stereocenters. The minimum Gasteiger partial charge on any atom is -0.484 e.